The molecule has 0 aromatic carbocycles. The minimum atomic E-state index is -4.97. The van der Waals surface area contributed by atoms with Crippen LogP contribution in [0.3, 0.4) is 0 Å². The van der Waals surface area contributed by atoms with Crippen LogP contribution in [0.5, 0.6) is 0 Å². The fraction of sp³-hybridized carbons (Fsp3) is 0.957. The maximum atomic E-state index is 13.2. The second-order valence-electron chi connectivity index (χ2n) is 35.0. The van der Waals surface area contributed by atoms with Crippen LogP contribution in [0.15, 0.2) is 0 Å². The van der Waals surface area contributed by atoms with Crippen molar-refractivity contribution < 1.29 is 80.2 Å². The normalized spacial score (nSPS) is 14.0. The summed E-state index contributed by atoms with van der Waals surface area (Å²) in [6, 6.07) is 0. The van der Waals surface area contributed by atoms with Crippen molar-refractivity contribution in [1.29, 1.82) is 0 Å². The monoisotopic (exact) mass is 1650 g/mol. The van der Waals surface area contributed by atoms with E-state index in [0.717, 1.165) is 114 Å². The third-order valence-corrected chi connectivity index (χ3v) is 24.4. The van der Waals surface area contributed by atoms with Gasteiger partial charge in [-0.25, -0.2) is 9.13 Å². The number of rotatable bonds is 92. The van der Waals surface area contributed by atoms with Crippen molar-refractivity contribution in [3.05, 3.63) is 0 Å². The summed E-state index contributed by atoms with van der Waals surface area (Å²) in [7, 11) is -9.94. The van der Waals surface area contributed by atoms with Gasteiger partial charge in [0.15, 0.2) is 12.2 Å². The van der Waals surface area contributed by atoms with Crippen molar-refractivity contribution in [1.82, 2.24) is 0 Å². The third kappa shape index (κ3) is 86.3. The fourth-order valence-electron chi connectivity index (χ4n) is 14.8. The van der Waals surface area contributed by atoms with Crippen molar-refractivity contribution in [2.24, 2.45) is 17.8 Å². The second kappa shape index (κ2) is 83.7. The van der Waals surface area contributed by atoms with E-state index in [0.29, 0.717) is 25.7 Å². The Balaban J connectivity index is 5.21. The highest BCUT2D eigenvalue weighted by Gasteiger charge is 2.31. The maximum Gasteiger partial charge on any atom is 0.472 e. The molecule has 0 amide bonds. The lowest BCUT2D eigenvalue weighted by atomic mass is 10.00. The van der Waals surface area contributed by atoms with E-state index in [1.807, 2.05) is 0 Å². The van der Waals surface area contributed by atoms with Gasteiger partial charge in [0, 0.05) is 25.7 Å². The molecule has 0 aliphatic carbocycles. The van der Waals surface area contributed by atoms with Gasteiger partial charge in [-0.05, 0) is 43.4 Å². The average molecular weight is 1650 g/mol. The largest absolute Gasteiger partial charge is 0.472 e. The lowest BCUT2D eigenvalue weighted by molar-refractivity contribution is -0.161. The van der Waals surface area contributed by atoms with Crippen LogP contribution >= 0.6 is 15.6 Å². The van der Waals surface area contributed by atoms with Crippen LogP contribution in [0.1, 0.15) is 504 Å². The molecule has 3 N–H and O–H groups in total. The van der Waals surface area contributed by atoms with Crippen LogP contribution in [0.4, 0.5) is 0 Å². The molecule has 0 saturated heterocycles. The van der Waals surface area contributed by atoms with Crippen LogP contribution in [-0.2, 0) is 65.4 Å². The minimum Gasteiger partial charge on any atom is -0.462 e. The Morgan fingerprint density at radius 3 is 0.673 bits per heavy atom. The number of aliphatic hydroxyl groups excluding tert-OH is 1. The van der Waals surface area contributed by atoms with E-state index >= 15 is 0 Å². The van der Waals surface area contributed by atoms with E-state index in [-0.39, 0.29) is 25.7 Å². The number of phosphoric acid groups is 2. The zero-order chi connectivity index (χ0) is 82.9. The smallest absolute Gasteiger partial charge is 0.462 e. The summed E-state index contributed by atoms with van der Waals surface area (Å²) in [4.78, 5) is 73.5. The third-order valence-electron chi connectivity index (χ3n) is 22.5. The highest BCUT2D eigenvalue weighted by molar-refractivity contribution is 7.47. The van der Waals surface area contributed by atoms with E-state index in [1.54, 1.807) is 0 Å². The molecule has 0 aliphatic rings. The highest BCUT2D eigenvalue weighted by atomic mass is 31.2. The van der Waals surface area contributed by atoms with Crippen LogP contribution < -0.4 is 0 Å². The van der Waals surface area contributed by atoms with Crippen molar-refractivity contribution in [3.8, 4) is 0 Å². The molecule has 0 heterocycles. The van der Waals surface area contributed by atoms with Crippen LogP contribution in [0.2, 0.25) is 0 Å². The van der Waals surface area contributed by atoms with Crippen molar-refractivity contribution in [3.63, 3.8) is 0 Å². The Bertz CT molecular complexity index is 2170. The van der Waals surface area contributed by atoms with Gasteiger partial charge in [-0.3, -0.25) is 37.3 Å². The van der Waals surface area contributed by atoms with E-state index in [4.69, 9.17) is 37.0 Å². The Hall–Kier alpha value is -1.94. The highest BCUT2D eigenvalue weighted by Crippen LogP contribution is 2.45. The van der Waals surface area contributed by atoms with Gasteiger partial charge >= 0.3 is 39.5 Å². The molecular formula is C94H184O17P2. The van der Waals surface area contributed by atoms with Gasteiger partial charge in [-0.2, -0.15) is 0 Å². The summed E-state index contributed by atoms with van der Waals surface area (Å²) in [5.41, 5.74) is 0. The van der Waals surface area contributed by atoms with Crippen LogP contribution in [0.25, 0.3) is 0 Å². The molecule has 0 spiro atoms. The Morgan fingerprint density at radius 1 is 0.257 bits per heavy atom. The molecule has 0 bridgehead atoms. The quantitative estimate of drug-likeness (QED) is 0.0222. The lowest BCUT2D eigenvalue weighted by Crippen LogP contribution is -2.30. The predicted octanol–water partition coefficient (Wildman–Crippen LogP) is 29.2. The number of esters is 4. The molecule has 6 atom stereocenters. The summed E-state index contributed by atoms with van der Waals surface area (Å²) in [5, 5.41) is 10.7. The number of carbonyl (C=O) groups excluding carboxylic acids is 4. The molecule has 0 saturated carbocycles. The summed E-state index contributed by atoms with van der Waals surface area (Å²) >= 11 is 0. The van der Waals surface area contributed by atoms with E-state index in [1.165, 1.54) is 308 Å². The van der Waals surface area contributed by atoms with Gasteiger partial charge in [-0.1, -0.05) is 453 Å². The zero-order valence-corrected chi connectivity index (χ0v) is 76.7. The predicted molar refractivity (Wildman–Crippen MR) is 469 cm³/mol. The Morgan fingerprint density at radius 2 is 0.451 bits per heavy atom. The topological polar surface area (TPSA) is 237 Å². The van der Waals surface area contributed by atoms with Crippen molar-refractivity contribution in [2.75, 3.05) is 39.6 Å². The molecule has 17 nitrogen and oxygen atoms in total. The number of aliphatic hydroxyl groups is 1. The molecule has 672 valence electrons. The minimum absolute atomic E-state index is 0.108. The first-order valence-electron chi connectivity index (χ1n) is 48.4. The van der Waals surface area contributed by atoms with Gasteiger partial charge in [0.1, 0.15) is 19.3 Å². The standard InChI is InChI=1S/C94H184O17P2/c1-8-10-11-12-13-14-15-16-17-18-19-20-21-29-34-39-44-49-54-64-71-78-94(99)111-90(82-105-92(97)76-69-62-57-56-60-67-74-87(7)9-2)84-109-113(102,103)107-80-88(95)79-106-112(100,101)108-83-89(110-93(98)77-70-63-55-50-45-40-35-30-25-23-27-32-37-42-47-52-59-66-73-86(5)6)81-104-91(96)75-68-61-53-48-43-38-33-28-24-22-26-31-36-41-46-51-58-65-72-85(3)4/h85-90,95H,8-84H2,1-7H3,(H,100,101)(H,102,103)/t87?,88-,89-,90-/m1/s1. The fourth-order valence-corrected chi connectivity index (χ4v) is 16.3. The first-order valence-corrected chi connectivity index (χ1v) is 51.4. The Kier molecular flexibility index (Phi) is 82.3. The summed E-state index contributed by atoms with van der Waals surface area (Å²) < 4.78 is 69.1. The molecule has 3 unspecified atom stereocenters. The number of unbranched alkanes of at least 4 members (excludes halogenated alkanes) is 59. The zero-order valence-electron chi connectivity index (χ0n) is 74.9. The maximum absolute atomic E-state index is 13.2. The van der Waals surface area contributed by atoms with Crippen molar-refractivity contribution in [2.45, 2.75) is 523 Å². The number of phosphoric ester groups is 2. The average Bonchev–Trinajstić information content (AvgIpc) is 0.901. The molecular weight excluding hydrogens is 1460 g/mol. The first-order chi connectivity index (χ1) is 54.8. The van der Waals surface area contributed by atoms with Crippen LogP contribution in [0, 0.1) is 17.8 Å². The van der Waals surface area contributed by atoms with Gasteiger partial charge in [0.2, 0.25) is 0 Å². The molecule has 113 heavy (non-hydrogen) atoms. The van der Waals surface area contributed by atoms with Gasteiger partial charge in [0.25, 0.3) is 0 Å². The Labute approximate surface area is 696 Å². The number of hydrogen-bond acceptors (Lipinski definition) is 15. The number of carbonyl (C=O) groups is 4. The SMILES string of the molecule is CCCCCCCCCCCCCCCCCCCCCCCC(=O)O[C@H](COC(=O)CCCCCCCCC(C)CC)COP(=O)(O)OC[C@H](O)COP(=O)(O)OC[C@@H](COC(=O)CCCCCCCCCCCCCCCCCCCCC(C)C)OC(=O)CCCCCCCCCCCCCCCCCCCCC(C)C. The molecule has 0 aliphatic heterocycles. The van der Waals surface area contributed by atoms with Gasteiger partial charge < -0.3 is 33.8 Å². The lowest BCUT2D eigenvalue weighted by Gasteiger charge is -2.21. The molecule has 19 heteroatoms. The van der Waals surface area contributed by atoms with Crippen LogP contribution in [-0.4, -0.2) is 96.7 Å². The van der Waals surface area contributed by atoms with Gasteiger partial charge in [-0.15, -0.1) is 0 Å². The van der Waals surface area contributed by atoms with Crippen molar-refractivity contribution >= 4 is 39.5 Å². The van der Waals surface area contributed by atoms with Gasteiger partial charge in [0.05, 0.1) is 26.4 Å². The molecule has 0 aromatic rings. The van der Waals surface area contributed by atoms with E-state index in [2.05, 4.69) is 48.5 Å². The molecule has 0 radical (unpaired) electrons. The number of hydrogen-bond donors (Lipinski definition) is 3. The summed E-state index contributed by atoms with van der Waals surface area (Å²) in [6.45, 7) is 12.1. The molecule has 0 aromatic heterocycles. The second-order valence-corrected chi connectivity index (χ2v) is 37.9. The molecule has 0 rings (SSSR count). The molecule has 0 fully saturated rings. The summed E-state index contributed by atoms with van der Waals surface area (Å²) in [5.74, 6) is 0.277. The summed E-state index contributed by atoms with van der Waals surface area (Å²) in [6.07, 6.45) is 78.1. The first kappa shape index (κ1) is 111. The van der Waals surface area contributed by atoms with E-state index < -0.39 is 97.5 Å². The number of ether oxygens (including phenoxy) is 4. The van der Waals surface area contributed by atoms with E-state index in [9.17, 15) is 43.2 Å².